The van der Waals surface area contributed by atoms with Gasteiger partial charge in [0, 0.05) is 13.0 Å². The lowest BCUT2D eigenvalue weighted by Gasteiger charge is -2.08. The molecular formula is C20H31N3O5S2. The van der Waals surface area contributed by atoms with Crippen molar-refractivity contribution in [3.05, 3.63) is 23.9 Å². The van der Waals surface area contributed by atoms with Crippen LogP contribution in [0.5, 0.6) is 5.75 Å². The Morgan fingerprint density at radius 3 is 2.43 bits per heavy atom. The number of aromatic nitrogens is 1. The molecular weight excluding hydrogens is 426 g/mol. The summed E-state index contributed by atoms with van der Waals surface area (Å²) in [6, 6.07) is 4.97. The number of aryl methyl sites for hydroxylation is 1. The minimum atomic E-state index is -3.86. The number of rotatable bonds is 9. The number of nitrogens with two attached hydrogens (primary N) is 1. The van der Waals surface area contributed by atoms with Gasteiger partial charge in [0.2, 0.25) is 10.0 Å². The molecule has 0 aliphatic rings. The van der Waals surface area contributed by atoms with Gasteiger partial charge >= 0.3 is 5.97 Å². The summed E-state index contributed by atoms with van der Waals surface area (Å²) in [4.78, 5) is 15.4. The lowest BCUT2D eigenvalue weighted by molar-refractivity contribution is -0.140. The van der Waals surface area contributed by atoms with Crippen molar-refractivity contribution in [1.82, 2.24) is 4.98 Å². The number of benzene rings is 1. The first-order valence-corrected chi connectivity index (χ1v) is 12.0. The highest BCUT2D eigenvalue weighted by Gasteiger charge is 2.18. The molecule has 2 rings (SSSR count). The van der Waals surface area contributed by atoms with Gasteiger partial charge in [-0.1, -0.05) is 38.0 Å². The quantitative estimate of drug-likeness (QED) is 0.432. The second-order valence-electron chi connectivity index (χ2n) is 6.41. The van der Waals surface area contributed by atoms with Crippen LogP contribution in [0.4, 0.5) is 5.13 Å². The Balaban J connectivity index is 0.000000656. The van der Waals surface area contributed by atoms with E-state index in [2.05, 4.69) is 22.0 Å². The molecule has 0 saturated carbocycles. The van der Waals surface area contributed by atoms with Crippen molar-refractivity contribution in [2.45, 2.75) is 51.3 Å². The Hall–Kier alpha value is -2.17. The average Bonchev–Trinajstić information content (AvgIpc) is 3.10. The number of unbranched alkanes of at least 4 members (excludes halogenated alkanes) is 2. The van der Waals surface area contributed by atoms with E-state index in [1.807, 2.05) is 13.0 Å². The maximum absolute atomic E-state index is 11.8. The number of sulfonamides is 1. The predicted molar refractivity (Wildman–Crippen MR) is 121 cm³/mol. The summed E-state index contributed by atoms with van der Waals surface area (Å²) in [5, 5.41) is 9.44. The predicted octanol–water partition coefficient (Wildman–Crippen LogP) is 3.95. The Morgan fingerprint density at radius 1 is 1.23 bits per heavy atom. The first kappa shape index (κ1) is 25.9. The fourth-order valence-corrected chi connectivity index (χ4v) is 4.21. The molecule has 0 saturated heterocycles. The molecule has 0 fully saturated rings. The van der Waals surface area contributed by atoms with Gasteiger partial charge in [0.15, 0.2) is 5.13 Å². The van der Waals surface area contributed by atoms with E-state index >= 15 is 0 Å². The van der Waals surface area contributed by atoms with E-state index in [-0.39, 0.29) is 16.6 Å². The Morgan fingerprint density at radius 2 is 1.93 bits per heavy atom. The fourth-order valence-electron chi connectivity index (χ4n) is 2.49. The van der Waals surface area contributed by atoms with Gasteiger partial charge in [-0.2, -0.15) is 0 Å². The first-order valence-electron chi connectivity index (χ1n) is 9.67. The molecule has 0 radical (unpaired) electrons. The number of nitrogens with one attached hydrogen (secondary N) is 1. The fraction of sp³-hybridized carbons (Fsp3) is 0.500. The molecule has 1 aromatic heterocycles. The molecule has 30 heavy (non-hydrogen) atoms. The zero-order chi connectivity index (χ0) is 22.7. The minimum Gasteiger partial charge on any atom is -0.495 e. The van der Waals surface area contributed by atoms with Crippen LogP contribution < -0.4 is 15.2 Å². The molecule has 0 amide bonds. The third kappa shape index (κ3) is 7.92. The van der Waals surface area contributed by atoms with Crippen molar-refractivity contribution in [2.75, 3.05) is 26.1 Å². The van der Waals surface area contributed by atoms with Gasteiger partial charge < -0.3 is 14.8 Å². The highest BCUT2D eigenvalue weighted by Crippen LogP contribution is 2.36. The highest BCUT2D eigenvalue weighted by molar-refractivity contribution is 7.89. The van der Waals surface area contributed by atoms with Crippen LogP contribution in [-0.2, 0) is 19.6 Å². The molecule has 3 N–H and O–H groups in total. The molecule has 0 aliphatic carbocycles. The van der Waals surface area contributed by atoms with Gasteiger partial charge in [-0.25, -0.2) is 18.5 Å². The molecule has 1 aromatic carbocycles. The van der Waals surface area contributed by atoms with E-state index in [1.165, 1.54) is 44.5 Å². The van der Waals surface area contributed by atoms with E-state index in [9.17, 15) is 13.2 Å². The number of nitrogens with zero attached hydrogens (tertiary/aromatic N) is 1. The van der Waals surface area contributed by atoms with Gasteiger partial charge in [0.05, 0.1) is 24.8 Å². The number of carbonyl (C=O) groups is 1. The maximum Gasteiger partial charge on any atom is 0.305 e. The SMILES string of the molecule is CCC(=O)OC.CCCCCNc1nc(C)c(-c2ccc(OC)c(S(N)(=O)=O)c2)s1. The Labute approximate surface area is 182 Å². The molecule has 0 bridgehead atoms. The summed E-state index contributed by atoms with van der Waals surface area (Å²) in [5.74, 6) is 0.0799. The number of hydrogen-bond donors (Lipinski definition) is 2. The molecule has 168 valence electrons. The van der Waals surface area contributed by atoms with E-state index in [1.54, 1.807) is 13.0 Å². The molecule has 0 spiro atoms. The number of primary sulfonamides is 1. The van der Waals surface area contributed by atoms with E-state index in [0.717, 1.165) is 34.2 Å². The third-order valence-electron chi connectivity index (χ3n) is 4.10. The lowest BCUT2D eigenvalue weighted by atomic mass is 10.1. The number of thiazole rings is 1. The number of hydrogen-bond acceptors (Lipinski definition) is 8. The molecule has 0 atom stereocenters. The zero-order valence-corrected chi connectivity index (χ0v) is 19.8. The largest absolute Gasteiger partial charge is 0.495 e. The van der Waals surface area contributed by atoms with Crippen LogP contribution in [0.25, 0.3) is 10.4 Å². The second kappa shape index (κ2) is 12.5. The number of methoxy groups -OCH3 is 2. The van der Waals surface area contributed by atoms with Crippen molar-refractivity contribution < 1.29 is 22.7 Å². The van der Waals surface area contributed by atoms with E-state index < -0.39 is 10.0 Å². The summed E-state index contributed by atoms with van der Waals surface area (Å²) in [6.07, 6.45) is 3.92. The summed E-state index contributed by atoms with van der Waals surface area (Å²) in [5.41, 5.74) is 1.61. The van der Waals surface area contributed by atoms with Crippen LogP contribution in [-0.4, -0.2) is 40.1 Å². The van der Waals surface area contributed by atoms with Crippen LogP contribution in [0, 0.1) is 6.92 Å². The highest BCUT2D eigenvalue weighted by atomic mass is 32.2. The topological polar surface area (TPSA) is 121 Å². The summed E-state index contributed by atoms with van der Waals surface area (Å²) < 4.78 is 32.9. The van der Waals surface area contributed by atoms with Crippen LogP contribution in [0.1, 0.15) is 45.2 Å². The molecule has 0 unspecified atom stereocenters. The van der Waals surface area contributed by atoms with Gasteiger partial charge in [-0.3, -0.25) is 4.79 Å². The van der Waals surface area contributed by atoms with E-state index in [4.69, 9.17) is 9.88 Å². The molecule has 2 aromatic rings. The average molecular weight is 458 g/mol. The van der Waals surface area contributed by atoms with Crippen molar-refractivity contribution in [1.29, 1.82) is 0 Å². The van der Waals surface area contributed by atoms with Crippen LogP contribution in [0.2, 0.25) is 0 Å². The monoisotopic (exact) mass is 457 g/mol. The van der Waals surface area contributed by atoms with Gasteiger partial charge in [-0.15, -0.1) is 0 Å². The Bertz CT molecular complexity index is 921. The van der Waals surface area contributed by atoms with E-state index in [0.29, 0.717) is 6.42 Å². The van der Waals surface area contributed by atoms with Gasteiger partial charge in [0.1, 0.15) is 10.6 Å². The van der Waals surface area contributed by atoms with Crippen molar-refractivity contribution in [3.8, 4) is 16.2 Å². The number of ether oxygens (including phenoxy) is 2. The van der Waals surface area contributed by atoms with Gasteiger partial charge in [-0.05, 0) is 37.1 Å². The second-order valence-corrected chi connectivity index (χ2v) is 8.94. The summed E-state index contributed by atoms with van der Waals surface area (Å²) in [7, 11) is -1.06. The third-order valence-corrected chi connectivity index (χ3v) is 6.20. The van der Waals surface area contributed by atoms with Crippen molar-refractivity contribution >= 4 is 32.5 Å². The molecule has 0 aliphatic heterocycles. The normalized spacial score (nSPS) is 10.7. The zero-order valence-electron chi connectivity index (χ0n) is 18.1. The smallest absolute Gasteiger partial charge is 0.305 e. The van der Waals surface area contributed by atoms with Crippen molar-refractivity contribution in [2.24, 2.45) is 5.14 Å². The Kier molecular flexibility index (Phi) is 10.8. The van der Waals surface area contributed by atoms with Crippen LogP contribution in [0.3, 0.4) is 0 Å². The standard InChI is InChI=1S/C16H23N3O3S2.C4H8O2/c1-4-5-6-9-18-16-19-11(2)15(23-16)12-7-8-13(22-3)14(10-12)24(17,20)21;1-3-4(5)6-2/h7-8,10H,4-6,9H2,1-3H3,(H,18,19)(H2,17,20,21);3H2,1-2H3. The number of carbonyl (C=O) groups excluding carboxylic acids is 1. The molecule has 8 nitrogen and oxygen atoms in total. The summed E-state index contributed by atoms with van der Waals surface area (Å²) in [6.45, 7) is 6.71. The first-order chi connectivity index (χ1) is 14.2. The lowest BCUT2D eigenvalue weighted by Crippen LogP contribution is -2.13. The van der Waals surface area contributed by atoms with Gasteiger partial charge in [0.25, 0.3) is 0 Å². The van der Waals surface area contributed by atoms with Crippen molar-refractivity contribution in [3.63, 3.8) is 0 Å². The molecule has 10 heteroatoms. The maximum atomic E-state index is 11.8. The minimum absolute atomic E-state index is 0.0206. The summed E-state index contributed by atoms with van der Waals surface area (Å²) >= 11 is 1.50. The molecule has 1 heterocycles. The van der Waals surface area contributed by atoms with Crippen LogP contribution in [0.15, 0.2) is 23.1 Å². The number of anilines is 1. The number of esters is 1. The van der Waals surface area contributed by atoms with Crippen LogP contribution >= 0.6 is 11.3 Å².